The number of nitrogens with zero attached hydrogens (tertiary/aromatic N) is 1. The molecule has 1 radical (unpaired) electrons. The minimum Gasteiger partial charge on any atom is -0.399 e. The summed E-state index contributed by atoms with van der Waals surface area (Å²) >= 11 is 1.46. The second-order valence-electron chi connectivity index (χ2n) is 2.45. The molecule has 0 aliphatic rings. The smallest absolute Gasteiger partial charge is 0.152 e. The van der Waals surface area contributed by atoms with Crippen LogP contribution < -0.4 is 5.73 Å². The van der Waals surface area contributed by atoms with Crippen LogP contribution in [0.4, 0.5) is 5.69 Å². The third kappa shape index (κ3) is 1.31. The molecule has 1 aromatic heterocycles. The molecule has 2 rings (SSSR count). The monoisotopic (exact) mass is 175 g/mol. The van der Waals surface area contributed by atoms with Crippen LogP contribution in [0.5, 0.6) is 0 Å². The highest BCUT2D eigenvalue weighted by molar-refractivity contribution is 7.07. The normalized spacial score (nSPS) is 10.0. The van der Waals surface area contributed by atoms with E-state index in [4.69, 9.17) is 5.73 Å². The molecule has 3 heteroatoms. The molecule has 12 heavy (non-hydrogen) atoms. The summed E-state index contributed by atoms with van der Waals surface area (Å²) in [7, 11) is 0. The molecule has 2 nitrogen and oxygen atoms in total. The SMILES string of the molecule is Nc1cccc(-c2cs[c]n2)c1. The molecular weight excluding hydrogens is 168 g/mol. The lowest BCUT2D eigenvalue weighted by Crippen LogP contribution is -1.84. The van der Waals surface area contributed by atoms with E-state index in [1.807, 2.05) is 29.6 Å². The van der Waals surface area contributed by atoms with Crippen molar-refractivity contribution in [3.63, 3.8) is 0 Å². The number of aromatic nitrogens is 1. The molecule has 2 aromatic rings. The van der Waals surface area contributed by atoms with Gasteiger partial charge in [-0.15, -0.1) is 11.3 Å². The molecule has 0 aliphatic carbocycles. The van der Waals surface area contributed by atoms with E-state index in [0.717, 1.165) is 16.9 Å². The second kappa shape index (κ2) is 2.95. The number of anilines is 1. The van der Waals surface area contributed by atoms with Crippen LogP contribution in [0.1, 0.15) is 0 Å². The van der Waals surface area contributed by atoms with Crippen LogP contribution in [0.3, 0.4) is 0 Å². The number of nitrogen functional groups attached to an aromatic ring is 1. The van der Waals surface area contributed by atoms with E-state index in [-0.39, 0.29) is 0 Å². The van der Waals surface area contributed by atoms with E-state index in [2.05, 4.69) is 10.5 Å². The highest BCUT2D eigenvalue weighted by Gasteiger charge is 1.98. The van der Waals surface area contributed by atoms with Gasteiger partial charge in [0.05, 0.1) is 5.69 Å². The molecular formula is C9H7N2S. The van der Waals surface area contributed by atoms with Crippen molar-refractivity contribution in [3.05, 3.63) is 35.2 Å². The molecule has 0 aliphatic heterocycles. The largest absolute Gasteiger partial charge is 0.399 e. The van der Waals surface area contributed by atoms with Gasteiger partial charge in [0.25, 0.3) is 0 Å². The zero-order chi connectivity index (χ0) is 8.39. The van der Waals surface area contributed by atoms with E-state index in [1.54, 1.807) is 0 Å². The third-order valence-electron chi connectivity index (χ3n) is 1.57. The molecule has 0 fully saturated rings. The number of rotatable bonds is 1. The van der Waals surface area contributed by atoms with E-state index < -0.39 is 0 Å². The van der Waals surface area contributed by atoms with Crippen LogP contribution in [-0.2, 0) is 0 Å². The topological polar surface area (TPSA) is 38.9 Å². The molecule has 2 N–H and O–H groups in total. The van der Waals surface area contributed by atoms with Gasteiger partial charge in [-0.25, -0.2) is 4.98 Å². The van der Waals surface area contributed by atoms with Crippen molar-refractivity contribution in [2.24, 2.45) is 0 Å². The lowest BCUT2D eigenvalue weighted by molar-refractivity contribution is 1.40. The lowest BCUT2D eigenvalue weighted by atomic mass is 10.1. The molecule has 0 bridgehead atoms. The minimum atomic E-state index is 0.764. The van der Waals surface area contributed by atoms with Crippen LogP contribution in [0.2, 0.25) is 0 Å². The summed E-state index contributed by atoms with van der Waals surface area (Å²) in [6.45, 7) is 0. The van der Waals surface area contributed by atoms with E-state index in [1.165, 1.54) is 11.3 Å². The molecule has 0 saturated heterocycles. The van der Waals surface area contributed by atoms with Crippen LogP contribution in [-0.4, -0.2) is 4.98 Å². The van der Waals surface area contributed by atoms with Gasteiger partial charge in [0.1, 0.15) is 0 Å². The van der Waals surface area contributed by atoms with Gasteiger partial charge in [0.15, 0.2) is 5.51 Å². The fourth-order valence-corrected chi connectivity index (χ4v) is 1.52. The molecule has 59 valence electrons. The first-order valence-corrected chi connectivity index (χ1v) is 4.42. The van der Waals surface area contributed by atoms with Gasteiger partial charge >= 0.3 is 0 Å². The third-order valence-corrected chi connectivity index (χ3v) is 2.11. The first kappa shape index (κ1) is 7.31. The maximum Gasteiger partial charge on any atom is 0.152 e. The first-order valence-electron chi connectivity index (χ1n) is 3.54. The Labute approximate surface area is 74.7 Å². The summed E-state index contributed by atoms with van der Waals surface area (Å²) in [4.78, 5) is 4.07. The van der Waals surface area contributed by atoms with Gasteiger partial charge in [-0.2, -0.15) is 0 Å². The van der Waals surface area contributed by atoms with Gasteiger partial charge in [-0.05, 0) is 12.1 Å². The standard InChI is InChI=1S/C9H7N2S/c10-8-3-1-2-7(4-8)9-5-12-6-11-9/h1-5H,10H2. The van der Waals surface area contributed by atoms with Gasteiger partial charge < -0.3 is 5.73 Å². The fourth-order valence-electron chi connectivity index (χ4n) is 1.01. The number of nitrogens with two attached hydrogens (primary N) is 1. The zero-order valence-electron chi connectivity index (χ0n) is 6.32. The van der Waals surface area contributed by atoms with E-state index in [9.17, 15) is 0 Å². The Bertz CT molecular complexity index is 368. The molecule has 0 amide bonds. The van der Waals surface area contributed by atoms with Crippen molar-refractivity contribution < 1.29 is 0 Å². The Kier molecular flexibility index (Phi) is 1.80. The highest BCUT2D eigenvalue weighted by Crippen LogP contribution is 2.20. The van der Waals surface area contributed by atoms with Crippen LogP contribution in [0.25, 0.3) is 11.3 Å². The number of hydrogen-bond acceptors (Lipinski definition) is 3. The fraction of sp³-hybridized carbons (Fsp3) is 0. The summed E-state index contributed by atoms with van der Waals surface area (Å²) in [5.41, 5.74) is 11.2. The zero-order valence-corrected chi connectivity index (χ0v) is 7.14. The summed E-state index contributed by atoms with van der Waals surface area (Å²) in [5.74, 6) is 0. The molecule has 1 heterocycles. The highest BCUT2D eigenvalue weighted by atomic mass is 32.1. The van der Waals surface area contributed by atoms with Crippen molar-refractivity contribution in [2.45, 2.75) is 0 Å². The molecule has 0 atom stereocenters. The van der Waals surface area contributed by atoms with Gasteiger partial charge in [0, 0.05) is 16.6 Å². The summed E-state index contributed by atoms with van der Waals surface area (Å²) in [6.07, 6.45) is 0. The van der Waals surface area contributed by atoms with E-state index >= 15 is 0 Å². The number of hydrogen-bond donors (Lipinski definition) is 1. The van der Waals surface area contributed by atoms with Crippen molar-refractivity contribution in [1.82, 2.24) is 4.98 Å². The van der Waals surface area contributed by atoms with Crippen LogP contribution in [0, 0.1) is 5.51 Å². The molecule has 1 aromatic carbocycles. The summed E-state index contributed by atoms with van der Waals surface area (Å²) in [5, 5.41) is 1.95. The number of thiazole rings is 1. The van der Waals surface area contributed by atoms with Crippen LogP contribution >= 0.6 is 11.3 Å². The Morgan fingerprint density at radius 2 is 2.33 bits per heavy atom. The van der Waals surface area contributed by atoms with E-state index in [0.29, 0.717) is 0 Å². The van der Waals surface area contributed by atoms with Crippen molar-refractivity contribution in [2.75, 3.05) is 5.73 Å². The Balaban J connectivity index is 2.48. The minimum absolute atomic E-state index is 0.764. The second-order valence-corrected chi connectivity index (χ2v) is 3.10. The van der Waals surface area contributed by atoms with Gasteiger partial charge in [-0.1, -0.05) is 12.1 Å². The summed E-state index contributed by atoms with van der Waals surface area (Å²) in [6, 6.07) is 7.67. The maximum absolute atomic E-state index is 5.63. The predicted octanol–water partition coefficient (Wildman–Crippen LogP) is 2.19. The number of benzene rings is 1. The molecule has 0 saturated carbocycles. The average molecular weight is 175 g/mol. The van der Waals surface area contributed by atoms with Crippen molar-refractivity contribution in [1.29, 1.82) is 0 Å². The lowest BCUT2D eigenvalue weighted by Gasteiger charge is -1.96. The van der Waals surface area contributed by atoms with Crippen molar-refractivity contribution >= 4 is 17.0 Å². The quantitative estimate of drug-likeness (QED) is 0.675. The molecule has 0 unspecified atom stereocenters. The summed E-state index contributed by atoms with van der Waals surface area (Å²) < 4.78 is 0. The Morgan fingerprint density at radius 3 is 3.00 bits per heavy atom. The van der Waals surface area contributed by atoms with Crippen molar-refractivity contribution in [3.8, 4) is 11.3 Å². The van der Waals surface area contributed by atoms with Gasteiger partial charge in [-0.3, -0.25) is 0 Å². The molecule has 0 spiro atoms. The van der Waals surface area contributed by atoms with Gasteiger partial charge in [0.2, 0.25) is 0 Å². The Hall–Kier alpha value is -1.35. The first-order chi connectivity index (χ1) is 5.86. The maximum atomic E-state index is 5.63. The average Bonchev–Trinajstić information content (AvgIpc) is 2.56. The van der Waals surface area contributed by atoms with Crippen LogP contribution in [0.15, 0.2) is 29.6 Å². The predicted molar refractivity (Wildman–Crippen MR) is 50.8 cm³/mol. The Morgan fingerprint density at radius 1 is 1.42 bits per heavy atom.